The standard InChI is InChI=1S/C18H24N2O/c1-13-8-9-18(14(2)10-13)20(3)12-17(19)15-6-5-7-16(11-15)21-4/h5-11,17H,12,19H2,1-4H3. The minimum atomic E-state index is -0.0502. The van der Waals surface area contributed by atoms with Gasteiger partial charge in [0.05, 0.1) is 7.11 Å². The molecule has 0 bridgehead atoms. The van der Waals surface area contributed by atoms with Crippen LogP contribution < -0.4 is 15.4 Å². The van der Waals surface area contributed by atoms with Crippen LogP contribution in [-0.2, 0) is 0 Å². The maximum absolute atomic E-state index is 6.34. The third-order valence-electron chi connectivity index (χ3n) is 3.76. The predicted octanol–water partition coefficient (Wildman–Crippen LogP) is 3.45. The molecule has 1 unspecified atom stereocenters. The fourth-order valence-electron chi connectivity index (χ4n) is 2.60. The van der Waals surface area contributed by atoms with Gasteiger partial charge >= 0.3 is 0 Å². The van der Waals surface area contributed by atoms with Gasteiger partial charge < -0.3 is 15.4 Å². The van der Waals surface area contributed by atoms with Gasteiger partial charge in [0.2, 0.25) is 0 Å². The molecule has 0 saturated carbocycles. The number of hydrogen-bond donors (Lipinski definition) is 1. The van der Waals surface area contributed by atoms with E-state index in [0.717, 1.165) is 17.9 Å². The van der Waals surface area contributed by atoms with Crippen molar-refractivity contribution in [2.75, 3.05) is 25.6 Å². The normalized spacial score (nSPS) is 12.0. The Morgan fingerprint density at radius 3 is 2.57 bits per heavy atom. The van der Waals surface area contributed by atoms with E-state index in [0.29, 0.717) is 0 Å². The topological polar surface area (TPSA) is 38.5 Å². The molecule has 0 aliphatic heterocycles. The molecule has 0 saturated heterocycles. The highest BCUT2D eigenvalue weighted by molar-refractivity contribution is 5.54. The molecule has 2 aromatic carbocycles. The van der Waals surface area contributed by atoms with Crippen LogP contribution in [0.3, 0.4) is 0 Å². The summed E-state index contributed by atoms with van der Waals surface area (Å²) in [6.45, 7) is 5.01. The van der Waals surface area contributed by atoms with E-state index < -0.39 is 0 Å². The van der Waals surface area contributed by atoms with Gasteiger partial charge in [-0.05, 0) is 43.2 Å². The number of nitrogens with two attached hydrogens (primary N) is 1. The van der Waals surface area contributed by atoms with E-state index in [2.05, 4.69) is 44.0 Å². The highest BCUT2D eigenvalue weighted by Gasteiger charge is 2.12. The molecule has 0 heterocycles. The van der Waals surface area contributed by atoms with Crippen LogP contribution >= 0.6 is 0 Å². The average Bonchev–Trinajstić information content (AvgIpc) is 2.47. The molecule has 0 fully saturated rings. The lowest BCUT2D eigenvalue weighted by Gasteiger charge is -2.25. The molecule has 0 spiro atoms. The van der Waals surface area contributed by atoms with Gasteiger partial charge in [-0.1, -0.05) is 29.8 Å². The average molecular weight is 284 g/mol. The molecular formula is C18H24N2O. The lowest BCUT2D eigenvalue weighted by Crippen LogP contribution is -2.29. The van der Waals surface area contributed by atoms with Crippen LogP contribution in [0.5, 0.6) is 5.75 Å². The van der Waals surface area contributed by atoms with Gasteiger partial charge in [0.15, 0.2) is 0 Å². The summed E-state index contributed by atoms with van der Waals surface area (Å²) in [7, 11) is 3.75. The summed E-state index contributed by atoms with van der Waals surface area (Å²) in [5.41, 5.74) is 11.2. The van der Waals surface area contributed by atoms with Gasteiger partial charge in [-0.2, -0.15) is 0 Å². The predicted molar refractivity (Wildman–Crippen MR) is 89.1 cm³/mol. The number of likely N-dealkylation sites (N-methyl/N-ethyl adjacent to an activating group) is 1. The fourth-order valence-corrected chi connectivity index (χ4v) is 2.60. The zero-order valence-electron chi connectivity index (χ0n) is 13.3. The van der Waals surface area contributed by atoms with Crippen molar-refractivity contribution in [2.45, 2.75) is 19.9 Å². The largest absolute Gasteiger partial charge is 0.497 e. The van der Waals surface area contributed by atoms with E-state index in [4.69, 9.17) is 10.5 Å². The second kappa shape index (κ2) is 6.64. The fraction of sp³-hybridized carbons (Fsp3) is 0.333. The van der Waals surface area contributed by atoms with Crippen LogP contribution in [0.15, 0.2) is 42.5 Å². The minimum Gasteiger partial charge on any atom is -0.497 e. The molecule has 0 radical (unpaired) electrons. The molecular weight excluding hydrogens is 260 g/mol. The van der Waals surface area contributed by atoms with Crippen LogP contribution in [-0.4, -0.2) is 20.7 Å². The van der Waals surface area contributed by atoms with Crippen molar-refractivity contribution in [1.82, 2.24) is 0 Å². The number of nitrogens with zero attached hydrogens (tertiary/aromatic N) is 1. The number of methoxy groups -OCH3 is 1. The molecule has 0 aliphatic rings. The van der Waals surface area contributed by atoms with E-state index in [1.807, 2.05) is 24.3 Å². The minimum absolute atomic E-state index is 0.0502. The summed E-state index contributed by atoms with van der Waals surface area (Å²) in [4.78, 5) is 2.21. The number of rotatable bonds is 5. The second-order valence-electron chi connectivity index (χ2n) is 5.55. The van der Waals surface area contributed by atoms with Crippen molar-refractivity contribution < 1.29 is 4.74 Å². The van der Waals surface area contributed by atoms with Gasteiger partial charge in [0.25, 0.3) is 0 Å². The highest BCUT2D eigenvalue weighted by atomic mass is 16.5. The Labute approximate surface area is 127 Å². The number of hydrogen-bond acceptors (Lipinski definition) is 3. The molecule has 112 valence electrons. The molecule has 3 nitrogen and oxygen atoms in total. The van der Waals surface area contributed by atoms with Crippen LogP contribution in [0.2, 0.25) is 0 Å². The third kappa shape index (κ3) is 3.76. The monoisotopic (exact) mass is 284 g/mol. The first-order valence-corrected chi connectivity index (χ1v) is 7.19. The number of anilines is 1. The van der Waals surface area contributed by atoms with Crippen molar-refractivity contribution in [2.24, 2.45) is 5.73 Å². The second-order valence-corrected chi connectivity index (χ2v) is 5.55. The first-order valence-electron chi connectivity index (χ1n) is 7.19. The molecule has 2 rings (SSSR count). The number of aryl methyl sites for hydroxylation is 2. The Hall–Kier alpha value is -2.00. The van der Waals surface area contributed by atoms with E-state index >= 15 is 0 Å². The molecule has 3 heteroatoms. The van der Waals surface area contributed by atoms with E-state index in [-0.39, 0.29) is 6.04 Å². The maximum atomic E-state index is 6.34. The van der Waals surface area contributed by atoms with Crippen molar-refractivity contribution in [3.63, 3.8) is 0 Å². The smallest absolute Gasteiger partial charge is 0.119 e. The van der Waals surface area contributed by atoms with E-state index in [9.17, 15) is 0 Å². The van der Waals surface area contributed by atoms with Crippen LogP contribution in [0.1, 0.15) is 22.7 Å². The number of ether oxygens (including phenoxy) is 1. The van der Waals surface area contributed by atoms with Crippen molar-refractivity contribution in [1.29, 1.82) is 0 Å². The van der Waals surface area contributed by atoms with E-state index in [1.54, 1.807) is 7.11 Å². The van der Waals surface area contributed by atoms with Crippen molar-refractivity contribution in [3.8, 4) is 5.75 Å². The first-order chi connectivity index (χ1) is 10.0. The Bertz CT molecular complexity index is 610. The summed E-state index contributed by atoms with van der Waals surface area (Å²) in [5.74, 6) is 0.845. The maximum Gasteiger partial charge on any atom is 0.119 e. The molecule has 0 aliphatic carbocycles. The van der Waals surface area contributed by atoms with Gasteiger partial charge in [-0.15, -0.1) is 0 Å². The third-order valence-corrected chi connectivity index (χ3v) is 3.76. The Kier molecular flexibility index (Phi) is 4.86. The van der Waals surface area contributed by atoms with Crippen molar-refractivity contribution >= 4 is 5.69 Å². The lowest BCUT2D eigenvalue weighted by molar-refractivity contribution is 0.414. The Morgan fingerprint density at radius 1 is 1.14 bits per heavy atom. The van der Waals surface area contributed by atoms with Crippen LogP contribution in [0.25, 0.3) is 0 Å². The zero-order valence-corrected chi connectivity index (χ0v) is 13.3. The SMILES string of the molecule is COc1cccc(C(N)CN(C)c2ccc(C)cc2C)c1. The van der Waals surface area contributed by atoms with Crippen LogP contribution in [0, 0.1) is 13.8 Å². The van der Waals surface area contributed by atoms with Crippen molar-refractivity contribution in [3.05, 3.63) is 59.2 Å². The highest BCUT2D eigenvalue weighted by Crippen LogP contribution is 2.23. The summed E-state index contributed by atoms with van der Waals surface area (Å²) in [6.07, 6.45) is 0. The van der Waals surface area contributed by atoms with Gasteiger partial charge in [-0.25, -0.2) is 0 Å². The summed E-state index contributed by atoms with van der Waals surface area (Å²) < 4.78 is 5.26. The summed E-state index contributed by atoms with van der Waals surface area (Å²) in [5, 5.41) is 0. The first kappa shape index (κ1) is 15.4. The van der Waals surface area contributed by atoms with Crippen LogP contribution in [0.4, 0.5) is 5.69 Å². The molecule has 0 aromatic heterocycles. The molecule has 1 atom stereocenters. The molecule has 2 N–H and O–H groups in total. The zero-order chi connectivity index (χ0) is 15.4. The lowest BCUT2D eigenvalue weighted by atomic mass is 10.1. The van der Waals surface area contributed by atoms with E-state index in [1.165, 1.54) is 16.8 Å². The summed E-state index contributed by atoms with van der Waals surface area (Å²) >= 11 is 0. The molecule has 2 aromatic rings. The Balaban J connectivity index is 2.12. The summed E-state index contributed by atoms with van der Waals surface area (Å²) in [6, 6.07) is 14.4. The molecule has 21 heavy (non-hydrogen) atoms. The van der Waals surface area contributed by atoms with Gasteiger partial charge in [0, 0.05) is 25.3 Å². The Morgan fingerprint density at radius 2 is 1.90 bits per heavy atom. The quantitative estimate of drug-likeness (QED) is 0.914. The number of benzene rings is 2. The van der Waals surface area contributed by atoms with Gasteiger partial charge in [-0.3, -0.25) is 0 Å². The van der Waals surface area contributed by atoms with Gasteiger partial charge in [0.1, 0.15) is 5.75 Å². The molecule has 0 amide bonds.